The Kier molecular flexibility index (Phi) is 5.52. The standard InChI is InChI=1S/C25H21ClFNO/c1-2-13-28-16-20(25(29)21-5-3-4-6-24(21)28)14-17-7-9-18(10-8-17)19-11-12-23(27)22(26)15-19/h2-12,15-16,25,29H,1,13-14H2. The molecule has 0 amide bonds. The molecule has 146 valence electrons. The molecule has 1 aliphatic heterocycles. The fraction of sp³-hybridized carbons (Fsp3) is 0.120. The van der Waals surface area contributed by atoms with Crippen LogP contribution in [0.2, 0.25) is 5.02 Å². The number of anilines is 1. The van der Waals surface area contributed by atoms with E-state index in [1.165, 1.54) is 6.07 Å². The van der Waals surface area contributed by atoms with Gasteiger partial charge in [-0.05, 0) is 46.9 Å². The monoisotopic (exact) mass is 405 g/mol. The van der Waals surface area contributed by atoms with Crippen molar-refractivity contribution in [2.24, 2.45) is 0 Å². The van der Waals surface area contributed by atoms with Crippen molar-refractivity contribution in [3.8, 4) is 11.1 Å². The molecule has 3 aromatic carbocycles. The number of para-hydroxylation sites is 1. The summed E-state index contributed by atoms with van der Waals surface area (Å²) in [6.07, 6.45) is 3.86. The highest BCUT2D eigenvalue weighted by Crippen LogP contribution is 2.37. The summed E-state index contributed by atoms with van der Waals surface area (Å²) >= 11 is 5.90. The Balaban J connectivity index is 1.58. The zero-order valence-corrected chi connectivity index (χ0v) is 16.6. The normalized spacial score (nSPS) is 15.6. The molecule has 0 fully saturated rings. The average molecular weight is 406 g/mol. The predicted octanol–water partition coefficient (Wildman–Crippen LogP) is 6.31. The van der Waals surface area contributed by atoms with Crippen molar-refractivity contribution in [3.63, 3.8) is 0 Å². The Morgan fingerprint density at radius 2 is 1.76 bits per heavy atom. The number of hydrogen-bond donors (Lipinski definition) is 1. The zero-order valence-electron chi connectivity index (χ0n) is 15.9. The van der Waals surface area contributed by atoms with Gasteiger partial charge in [-0.1, -0.05) is 66.2 Å². The smallest absolute Gasteiger partial charge is 0.141 e. The van der Waals surface area contributed by atoms with E-state index >= 15 is 0 Å². The van der Waals surface area contributed by atoms with Crippen molar-refractivity contribution in [2.45, 2.75) is 12.5 Å². The molecule has 4 heteroatoms. The highest BCUT2D eigenvalue weighted by Gasteiger charge is 2.24. The number of aliphatic hydroxyl groups is 1. The molecule has 29 heavy (non-hydrogen) atoms. The van der Waals surface area contributed by atoms with Crippen LogP contribution in [0.1, 0.15) is 17.2 Å². The van der Waals surface area contributed by atoms with Crippen LogP contribution in [0.4, 0.5) is 10.1 Å². The van der Waals surface area contributed by atoms with Crippen LogP contribution in [0.25, 0.3) is 11.1 Å². The van der Waals surface area contributed by atoms with E-state index in [1.807, 2.05) is 60.8 Å². The van der Waals surface area contributed by atoms with Gasteiger partial charge in [0.2, 0.25) is 0 Å². The summed E-state index contributed by atoms with van der Waals surface area (Å²) < 4.78 is 13.4. The lowest BCUT2D eigenvalue weighted by molar-refractivity contribution is 0.210. The fourth-order valence-electron chi connectivity index (χ4n) is 3.68. The number of rotatable bonds is 5. The lowest BCUT2D eigenvalue weighted by Gasteiger charge is -2.32. The Morgan fingerprint density at radius 1 is 1.03 bits per heavy atom. The van der Waals surface area contributed by atoms with Gasteiger partial charge >= 0.3 is 0 Å². The molecule has 0 aliphatic carbocycles. The van der Waals surface area contributed by atoms with E-state index in [0.717, 1.165) is 33.5 Å². The Bertz CT molecular complexity index is 1070. The molecule has 3 aromatic rings. The topological polar surface area (TPSA) is 23.5 Å². The second kappa shape index (κ2) is 8.24. The molecule has 1 aliphatic rings. The van der Waals surface area contributed by atoms with Gasteiger partial charge in [0.1, 0.15) is 11.9 Å². The van der Waals surface area contributed by atoms with E-state index in [4.69, 9.17) is 11.6 Å². The van der Waals surface area contributed by atoms with Crippen molar-refractivity contribution in [2.75, 3.05) is 11.4 Å². The third-order valence-corrected chi connectivity index (χ3v) is 5.44. The lowest BCUT2D eigenvalue weighted by Crippen LogP contribution is -2.25. The maximum Gasteiger partial charge on any atom is 0.141 e. The number of hydrogen-bond acceptors (Lipinski definition) is 2. The van der Waals surface area contributed by atoms with Crippen molar-refractivity contribution < 1.29 is 9.50 Å². The third kappa shape index (κ3) is 3.98. The molecule has 2 nitrogen and oxygen atoms in total. The Morgan fingerprint density at radius 3 is 2.48 bits per heavy atom. The maximum atomic E-state index is 13.4. The first-order chi connectivity index (χ1) is 14.1. The highest BCUT2D eigenvalue weighted by molar-refractivity contribution is 6.31. The summed E-state index contributed by atoms with van der Waals surface area (Å²) in [6, 6.07) is 20.6. The van der Waals surface area contributed by atoms with Crippen LogP contribution in [0.3, 0.4) is 0 Å². The number of nitrogens with zero attached hydrogens (tertiary/aromatic N) is 1. The minimum absolute atomic E-state index is 0.114. The molecule has 1 heterocycles. The van der Waals surface area contributed by atoms with Crippen LogP contribution < -0.4 is 4.90 Å². The molecule has 0 radical (unpaired) electrons. The van der Waals surface area contributed by atoms with E-state index in [-0.39, 0.29) is 5.02 Å². The molecule has 0 bridgehead atoms. The molecule has 0 aromatic heterocycles. The van der Waals surface area contributed by atoms with Crippen LogP contribution in [0, 0.1) is 5.82 Å². The summed E-state index contributed by atoms with van der Waals surface area (Å²) in [6.45, 7) is 4.52. The molecule has 0 saturated heterocycles. The molecular formula is C25H21ClFNO. The van der Waals surface area contributed by atoms with Gasteiger partial charge in [-0.2, -0.15) is 0 Å². The molecule has 1 N–H and O–H groups in total. The van der Waals surface area contributed by atoms with E-state index in [0.29, 0.717) is 13.0 Å². The average Bonchev–Trinajstić information content (AvgIpc) is 2.74. The first kappa shape index (κ1) is 19.4. The zero-order chi connectivity index (χ0) is 20.4. The minimum atomic E-state index is -0.636. The first-order valence-electron chi connectivity index (χ1n) is 9.46. The van der Waals surface area contributed by atoms with Gasteiger partial charge in [0.05, 0.1) is 5.02 Å². The van der Waals surface area contributed by atoms with Crippen LogP contribution in [0.5, 0.6) is 0 Å². The van der Waals surface area contributed by atoms with Gasteiger partial charge in [0.15, 0.2) is 0 Å². The second-order valence-corrected chi connectivity index (χ2v) is 7.52. The van der Waals surface area contributed by atoms with Crippen LogP contribution in [-0.2, 0) is 6.42 Å². The molecule has 1 atom stereocenters. The van der Waals surface area contributed by atoms with E-state index in [2.05, 4.69) is 11.5 Å². The summed E-state index contributed by atoms with van der Waals surface area (Å²) in [4.78, 5) is 2.11. The van der Waals surface area contributed by atoms with Crippen LogP contribution >= 0.6 is 11.6 Å². The summed E-state index contributed by atoms with van der Waals surface area (Å²) in [7, 11) is 0. The number of fused-ring (bicyclic) bond motifs is 1. The molecule has 0 saturated carbocycles. The van der Waals surface area contributed by atoms with Gasteiger partial charge in [-0.3, -0.25) is 0 Å². The number of halogens is 2. The van der Waals surface area contributed by atoms with Crippen molar-refractivity contribution in [1.82, 2.24) is 0 Å². The summed E-state index contributed by atoms with van der Waals surface area (Å²) in [5, 5.41) is 11.0. The minimum Gasteiger partial charge on any atom is -0.384 e. The molecule has 4 rings (SSSR count). The Hall–Kier alpha value is -2.88. The molecule has 0 spiro atoms. The number of benzene rings is 3. The predicted molar refractivity (Wildman–Crippen MR) is 118 cm³/mol. The van der Waals surface area contributed by atoms with Gasteiger partial charge in [0.25, 0.3) is 0 Å². The van der Waals surface area contributed by atoms with Crippen LogP contribution in [-0.4, -0.2) is 11.7 Å². The fourth-order valence-corrected chi connectivity index (χ4v) is 3.86. The molecule has 1 unspecified atom stereocenters. The van der Waals surface area contributed by atoms with E-state index in [1.54, 1.807) is 12.1 Å². The van der Waals surface area contributed by atoms with Gasteiger partial charge in [-0.25, -0.2) is 4.39 Å². The van der Waals surface area contributed by atoms with E-state index < -0.39 is 11.9 Å². The van der Waals surface area contributed by atoms with Gasteiger partial charge in [-0.15, -0.1) is 6.58 Å². The van der Waals surface area contributed by atoms with Crippen molar-refractivity contribution in [1.29, 1.82) is 0 Å². The SMILES string of the molecule is C=CCN1C=C(Cc2ccc(-c3ccc(F)c(Cl)c3)cc2)C(O)c2ccccc21. The third-order valence-electron chi connectivity index (χ3n) is 5.15. The number of aliphatic hydroxyl groups excluding tert-OH is 1. The quantitative estimate of drug-likeness (QED) is 0.502. The van der Waals surface area contributed by atoms with Gasteiger partial charge < -0.3 is 10.0 Å². The maximum absolute atomic E-state index is 13.4. The summed E-state index contributed by atoms with van der Waals surface area (Å²) in [5.41, 5.74) is 5.77. The van der Waals surface area contributed by atoms with Crippen molar-refractivity contribution in [3.05, 3.63) is 113 Å². The van der Waals surface area contributed by atoms with Crippen LogP contribution in [0.15, 0.2) is 91.2 Å². The lowest BCUT2D eigenvalue weighted by atomic mass is 9.91. The summed E-state index contributed by atoms with van der Waals surface area (Å²) in [5.74, 6) is -0.422. The highest BCUT2D eigenvalue weighted by atomic mass is 35.5. The second-order valence-electron chi connectivity index (χ2n) is 7.11. The Labute approximate surface area is 175 Å². The van der Waals surface area contributed by atoms with Crippen molar-refractivity contribution >= 4 is 17.3 Å². The van der Waals surface area contributed by atoms with E-state index in [9.17, 15) is 9.50 Å². The first-order valence-corrected chi connectivity index (χ1v) is 9.84. The molecular weight excluding hydrogens is 385 g/mol. The van der Waals surface area contributed by atoms with Gasteiger partial charge in [0, 0.05) is 24.0 Å². The largest absolute Gasteiger partial charge is 0.384 e.